The largest absolute Gasteiger partial charge is 0.313 e. The quantitative estimate of drug-likeness (QED) is 0.612. The fraction of sp³-hybridized carbons (Fsp3) is 0.800. The van der Waals surface area contributed by atoms with Gasteiger partial charge in [-0.05, 0) is 32.7 Å². The first-order valence-electron chi connectivity index (χ1n) is 4.74. The Bertz CT molecular complexity index is 138. The van der Waals surface area contributed by atoms with Crippen molar-refractivity contribution in [2.24, 2.45) is 0 Å². The smallest absolute Gasteiger partial charge is 0.0276 e. The van der Waals surface area contributed by atoms with Crippen molar-refractivity contribution in [3.63, 3.8) is 0 Å². The first-order chi connectivity index (χ1) is 5.38. The predicted molar refractivity (Wildman–Crippen MR) is 49.7 cm³/mol. The van der Waals surface area contributed by atoms with E-state index in [1.807, 2.05) is 0 Å². The number of hydrogen-bond acceptors (Lipinski definition) is 1. The van der Waals surface area contributed by atoms with Crippen LogP contribution in [-0.2, 0) is 0 Å². The molecule has 1 aliphatic rings. The molecule has 0 saturated heterocycles. The van der Waals surface area contributed by atoms with E-state index in [1.54, 1.807) is 5.57 Å². The molecule has 1 nitrogen and oxygen atoms in total. The molecule has 0 bridgehead atoms. The maximum Gasteiger partial charge on any atom is 0.0276 e. The van der Waals surface area contributed by atoms with Crippen LogP contribution in [-0.4, -0.2) is 13.1 Å². The highest BCUT2D eigenvalue weighted by Gasteiger charge is 2.13. The number of hydrogen-bond donors (Lipinski definition) is 1. The highest BCUT2D eigenvalue weighted by atomic mass is 14.9. The molecule has 1 unspecified atom stereocenters. The normalized spacial score (nSPS) is 20.0. The molecule has 11 heavy (non-hydrogen) atoms. The molecule has 0 heterocycles. The van der Waals surface area contributed by atoms with E-state index in [2.05, 4.69) is 25.4 Å². The van der Waals surface area contributed by atoms with Crippen molar-refractivity contribution in [2.45, 2.75) is 45.1 Å². The van der Waals surface area contributed by atoms with Gasteiger partial charge in [0.1, 0.15) is 0 Å². The summed E-state index contributed by atoms with van der Waals surface area (Å²) in [6.45, 7) is 2.25. The van der Waals surface area contributed by atoms with Crippen molar-refractivity contribution in [2.75, 3.05) is 7.05 Å². The zero-order chi connectivity index (χ0) is 8.10. The molecule has 0 aromatic carbocycles. The number of rotatable bonds is 4. The van der Waals surface area contributed by atoms with Crippen LogP contribution < -0.4 is 5.32 Å². The van der Waals surface area contributed by atoms with Crippen LogP contribution in [0.1, 0.15) is 39.0 Å². The summed E-state index contributed by atoms with van der Waals surface area (Å²) in [4.78, 5) is 0. The summed E-state index contributed by atoms with van der Waals surface area (Å²) in [6, 6.07) is 0.669. The summed E-state index contributed by atoms with van der Waals surface area (Å²) in [5.41, 5.74) is 1.65. The average Bonchev–Trinajstić information content (AvgIpc) is 2.52. The Morgan fingerprint density at radius 1 is 1.64 bits per heavy atom. The minimum absolute atomic E-state index is 0.669. The highest BCUT2D eigenvalue weighted by Crippen LogP contribution is 2.22. The molecule has 0 saturated carbocycles. The standard InChI is InChI=1S/C10H19N/c1-3-6-10(11-2)9-7-4-5-8-9/h7,10-11H,3-6,8H2,1-2H3. The second-order valence-corrected chi connectivity index (χ2v) is 3.30. The molecule has 1 heteroatoms. The number of nitrogens with one attached hydrogen (secondary N) is 1. The summed E-state index contributed by atoms with van der Waals surface area (Å²) in [5.74, 6) is 0. The Balaban J connectivity index is 2.40. The molecule has 1 aliphatic carbocycles. The van der Waals surface area contributed by atoms with E-state index in [9.17, 15) is 0 Å². The molecule has 1 rings (SSSR count). The third-order valence-corrected chi connectivity index (χ3v) is 2.45. The first kappa shape index (κ1) is 8.79. The maximum atomic E-state index is 3.38. The van der Waals surface area contributed by atoms with Gasteiger partial charge in [0.2, 0.25) is 0 Å². The van der Waals surface area contributed by atoms with Crippen LogP contribution in [0.25, 0.3) is 0 Å². The van der Waals surface area contributed by atoms with Crippen molar-refractivity contribution in [1.29, 1.82) is 0 Å². The molecule has 0 radical (unpaired) electrons. The van der Waals surface area contributed by atoms with Crippen LogP contribution in [0.15, 0.2) is 11.6 Å². The summed E-state index contributed by atoms with van der Waals surface area (Å²) >= 11 is 0. The second-order valence-electron chi connectivity index (χ2n) is 3.30. The molecular weight excluding hydrogens is 134 g/mol. The minimum Gasteiger partial charge on any atom is -0.313 e. The van der Waals surface area contributed by atoms with E-state index in [0.29, 0.717) is 6.04 Å². The van der Waals surface area contributed by atoms with Gasteiger partial charge in [0, 0.05) is 6.04 Å². The van der Waals surface area contributed by atoms with Crippen LogP contribution >= 0.6 is 0 Å². The Kier molecular flexibility index (Phi) is 3.64. The van der Waals surface area contributed by atoms with E-state index in [-0.39, 0.29) is 0 Å². The van der Waals surface area contributed by atoms with Crippen molar-refractivity contribution >= 4 is 0 Å². The lowest BCUT2D eigenvalue weighted by Gasteiger charge is -2.16. The second kappa shape index (κ2) is 4.55. The van der Waals surface area contributed by atoms with Crippen molar-refractivity contribution in [3.8, 4) is 0 Å². The Morgan fingerprint density at radius 3 is 2.91 bits per heavy atom. The van der Waals surface area contributed by atoms with Crippen molar-refractivity contribution in [1.82, 2.24) is 5.32 Å². The van der Waals surface area contributed by atoms with E-state index >= 15 is 0 Å². The molecular formula is C10H19N. The lowest BCUT2D eigenvalue weighted by molar-refractivity contribution is 0.566. The highest BCUT2D eigenvalue weighted by molar-refractivity contribution is 5.14. The van der Waals surface area contributed by atoms with Gasteiger partial charge in [-0.15, -0.1) is 0 Å². The summed E-state index contributed by atoms with van der Waals surface area (Å²) < 4.78 is 0. The first-order valence-corrected chi connectivity index (χ1v) is 4.74. The zero-order valence-corrected chi connectivity index (χ0v) is 7.69. The molecule has 64 valence electrons. The Hall–Kier alpha value is -0.300. The van der Waals surface area contributed by atoms with E-state index in [0.717, 1.165) is 0 Å². The lowest BCUT2D eigenvalue weighted by atomic mass is 10.0. The monoisotopic (exact) mass is 153 g/mol. The van der Waals surface area contributed by atoms with Gasteiger partial charge in [0.25, 0.3) is 0 Å². The Morgan fingerprint density at radius 2 is 2.45 bits per heavy atom. The minimum atomic E-state index is 0.669. The van der Waals surface area contributed by atoms with Gasteiger partial charge in [0.15, 0.2) is 0 Å². The van der Waals surface area contributed by atoms with Gasteiger partial charge in [-0.25, -0.2) is 0 Å². The van der Waals surface area contributed by atoms with Gasteiger partial charge >= 0.3 is 0 Å². The summed E-state index contributed by atoms with van der Waals surface area (Å²) in [7, 11) is 2.07. The zero-order valence-electron chi connectivity index (χ0n) is 7.69. The number of likely N-dealkylation sites (N-methyl/N-ethyl adjacent to an activating group) is 1. The molecule has 0 amide bonds. The van der Waals surface area contributed by atoms with Gasteiger partial charge < -0.3 is 5.32 Å². The third kappa shape index (κ3) is 2.33. The number of allylic oxidation sites excluding steroid dienone is 1. The average molecular weight is 153 g/mol. The van der Waals surface area contributed by atoms with E-state index in [4.69, 9.17) is 0 Å². The van der Waals surface area contributed by atoms with Gasteiger partial charge in [-0.3, -0.25) is 0 Å². The van der Waals surface area contributed by atoms with E-state index < -0.39 is 0 Å². The summed E-state index contributed by atoms with van der Waals surface area (Å²) in [5, 5.41) is 3.38. The van der Waals surface area contributed by atoms with Crippen LogP contribution in [0.4, 0.5) is 0 Å². The van der Waals surface area contributed by atoms with Crippen molar-refractivity contribution < 1.29 is 0 Å². The van der Waals surface area contributed by atoms with Gasteiger partial charge in [-0.2, -0.15) is 0 Å². The van der Waals surface area contributed by atoms with Gasteiger partial charge in [0.05, 0.1) is 0 Å². The molecule has 0 spiro atoms. The van der Waals surface area contributed by atoms with Gasteiger partial charge in [-0.1, -0.05) is 25.0 Å². The fourth-order valence-corrected chi connectivity index (χ4v) is 1.82. The third-order valence-electron chi connectivity index (χ3n) is 2.45. The molecule has 0 aliphatic heterocycles. The Labute approximate surface area is 69.9 Å². The maximum absolute atomic E-state index is 3.38. The van der Waals surface area contributed by atoms with Crippen LogP contribution in [0.2, 0.25) is 0 Å². The van der Waals surface area contributed by atoms with E-state index in [1.165, 1.54) is 32.1 Å². The fourth-order valence-electron chi connectivity index (χ4n) is 1.82. The topological polar surface area (TPSA) is 12.0 Å². The SMILES string of the molecule is CCCC(NC)C1=CCCC1. The summed E-state index contributed by atoms with van der Waals surface area (Å²) in [6.07, 6.45) is 8.99. The lowest BCUT2D eigenvalue weighted by Crippen LogP contribution is -2.26. The van der Waals surface area contributed by atoms with Crippen LogP contribution in [0.3, 0.4) is 0 Å². The van der Waals surface area contributed by atoms with Crippen LogP contribution in [0.5, 0.6) is 0 Å². The predicted octanol–water partition coefficient (Wildman–Crippen LogP) is 2.48. The molecule has 0 aromatic heterocycles. The van der Waals surface area contributed by atoms with Crippen molar-refractivity contribution in [3.05, 3.63) is 11.6 Å². The molecule has 0 aromatic rings. The molecule has 1 atom stereocenters. The molecule has 0 fully saturated rings. The molecule has 1 N–H and O–H groups in total. The van der Waals surface area contributed by atoms with Crippen LogP contribution in [0, 0.1) is 0 Å².